The van der Waals surface area contributed by atoms with E-state index in [0.29, 0.717) is 33.6 Å². The molecule has 0 saturated carbocycles. The molecule has 0 spiro atoms. The number of ether oxygens (including phenoxy) is 2. The summed E-state index contributed by atoms with van der Waals surface area (Å²) < 4.78 is 10.8. The maximum Gasteiger partial charge on any atom is 0.337 e. The summed E-state index contributed by atoms with van der Waals surface area (Å²) in [7, 11) is 3.16. The van der Waals surface area contributed by atoms with Crippen molar-refractivity contribution in [3.63, 3.8) is 0 Å². The fourth-order valence-electron chi connectivity index (χ4n) is 3.06. The standard InChI is InChI=1S/C19H14N2O4/c1-24-15-9-7-10-11(18(15)25-2)6-8-14-16(10)21-17-12(19(22)23)4-3-5-13(17)20-14/h3-9H,1-2H3,(H,22,23). The van der Waals surface area contributed by atoms with Crippen molar-refractivity contribution in [3.05, 3.63) is 48.0 Å². The molecule has 6 nitrogen and oxygen atoms in total. The molecular weight excluding hydrogens is 320 g/mol. The number of carbonyl (C=O) groups is 1. The lowest BCUT2D eigenvalue weighted by Gasteiger charge is -2.12. The van der Waals surface area contributed by atoms with Crippen LogP contribution in [0.5, 0.6) is 11.5 Å². The van der Waals surface area contributed by atoms with Crippen molar-refractivity contribution in [1.29, 1.82) is 0 Å². The number of fused-ring (bicyclic) bond motifs is 4. The summed E-state index contributed by atoms with van der Waals surface area (Å²) in [5.41, 5.74) is 2.36. The molecule has 0 aliphatic carbocycles. The Kier molecular flexibility index (Phi) is 3.39. The van der Waals surface area contributed by atoms with Gasteiger partial charge in [0.25, 0.3) is 0 Å². The van der Waals surface area contributed by atoms with Crippen LogP contribution in [0.4, 0.5) is 0 Å². The predicted molar refractivity (Wildman–Crippen MR) is 94.6 cm³/mol. The van der Waals surface area contributed by atoms with Gasteiger partial charge in [0.05, 0.1) is 36.3 Å². The van der Waals surface area contributed by atoms with E-state index < -0.39 is 5.97 Å². The summed E-state index contributed by atoms with van der Waals surface area (Å²) in [6.45, 7) is 0. The van der Waals surface area contributed by atoms with E-state index in [1.807, 2.05) is 18.2 Å². The highest BCUT2D eigenvalue weighted by atomic mass is 16.5. The van der Waals surface area contributed by atoms with Crippen molar-refractivity contribution in [2.45, 2.75) is 0 Å². The fraction of sp³-hybridized carbons (Fsp3) is 0.105. The van der Waals surface area contributed by atoms with Gasteiger partial charge in [0.1, 0.15) is 5.52 Å². The van der Waals surface area contributed by atoms with E-state index in [4.69, 9.17) is 9.47 Å². The number of aromatic carboxylic acids is 1. The van der Waals surface area contributed by atoms with Gasteiger partial charge in [-0.1, -0.05) is 6.07 Å². The van der Waals surface area contributed by atoms with Gasteiger partial charge in [0, 0.05) is 10.8 Å². The van der Waals surface area contributed by atoms with Crippen molar-refractivity contribution < 1.29 is 19.4 Å². The Morgan fingerprint density at radius 3 is 2.36 bits per heavy atom. The van der Waals surface area contributed by atoms with Crippen molar-refractivity contribution in [2.75, 3.05) is 14.2 Å². The van der Waals surface area contributed by atoms with Crippen LogP contribution in [0.15, 0.2) is 42.5 Å². The van der Waals surface area contributed by atoms with Crippen LogP contribution in [0.1, 0.15) is 10.4 Å². The molecular formula is C19H14N2O4. The van der Waals surface area contributed by atoms with Gasteiger partial charge in [-0.3, -0.25) is 0 Å². The molecule has 0 radical (unpaired) electrons. The largest absolute Gasteiger partial charge is 0.493 e. The molecule has 0 aliphatic heterocycles. The first-order valence-electron chi connectivity index (χ1n) is 7.61. The number of carboxylic acid groups (broad SMARTS) is 1. The quantitative estimate of drug-likeness (QED) is 0.455. The van der Waals surface area contributed by atoms with Crippen LogP contribution in [0, 0.1) is 0 Å². The molecule has 0 amide bonds. The second kappa shape index (κ2) is 5.59. The lowest BCUT2D eigenvalue weighted by atomic mass is 10.1. The zero-order valence-corrected chi connectivity index (χ0v) is 13.6. The second-order valence-electron chi connectivity index (χ2n) is 5.53. The van der Waals surface area contributed by atoms with Gasteiger partial charge in [-0.05, 0) is 36.4 Å². The fourth-order valence-corrected chi connectivity index (χ4v) is 3.06. The third-order valence-corrected chi connectivity index (χ3v) is 4.20. The van der Waals surface area contributed by atoms with Crippen molar-refractivity contribution in [1.82, 2.24) is 9.97 Å². The van der Waals surface area contributed by atoms with Crippen LogP contribution in [-0.2, 0) is 0 Å². The number of aromatic nitrogens is 2. The molecule has 1 heterocycles. The number of methoxy groups -OCH3 is 2. The normalized spacial score (nSPS) is 11.1. The minimum absolute atomic E-state index is 0.129. The van der Waals surface area contributed by atoms with Crippen molar-refractivity contribution in [2.24, 2.45) is 0 Å². The lowest BCUT2D eigenvalue weighted by Crippen LogP contribution is -2.00. The number of rotatable bonds is 3. The summed E-state index contributed by atoms with van der Waals surface area (Å²) in [5, 5.41) is 11.1. The second-order valence-corrected chi connectivity index (χ2v) is 5.53. The minimum Gasteiger partial charge on any atom is -0.493 e. The average molecular weight is 334 g/mol. The molecule has 4 rings (SSSR count). The van der Waals surface area contributed by atoms with Gasteiger partial charge in [0.2, 0.25) is 0 Å². The van der Waals surface area contributed by atoms with E-state index in [9.17, 15) is 9.90 Å². The van der Waals surface area contributed by atoms with E-state index in [-0.39, 0.29) is 5.56 Å². The van der Waals surface area contributed by atoms with Gasteiger partial charge in [-0.25, -0.2) is 14.8 Å². The van der Waals surface area contributed by atoms with E-state index in [2.05, 4.69) is 9.97 Å². The van der Waals surface area contributed by atoms with Gasteiger partial charge >= 0.3 is 5.97 Å². The molecule has 1 aromatic heterocycles. The van der Waals surface area contributed by atoms with Crippen molar-refractivity contribution in [3.8, 4) is 11.5 Å². The van der Waals surface area contributed by atoms with E-state index in [1.165, 1.54) is 6.07 Å². The lowest BCUT2D eigenvalue weighted by molar-refractivity contribution is 0.0699. The topological polar surface area (TPSA) is 81.5 Å². The monoisotopic (exact) mass is 334 g/mol. The molecule has 6 heteroatoms. The first-order valence-corrected chi connectivity index (χ1v) is 7.61. The number of hydrogen-bond donors (Lipinski definition) is 1. The Hall–Kier alpha value is -3.41. The molecule has 0 bridgehead atoms. The zero-order chi connectivity index (χ0) is 17.6. The highest BCUT2D eigenvalue weighted by molar-refractivity contribution is 6.10. The number of para-hydroxylation sites is 1. The third kappa shape index (κ3) is 2.22. The van der Waals surface area contributed by atoms with Gasteiger partial charge in [-0.15, -0.1) is 0 Å². The molecule has 124 valence electrons. The molecule has 1 N–H and O–H groups in total. The summed E-state index contributed by atoms with van der Waals surface area (Å²) >= 11 is 0. The third-order valence-electron chi connectivity index (χ3n) is 4.20. The Bertz CT molecular complexity index is 1150. The van der Waals surface area contributed by atoms with Gasteiger partial charge in [0.15, 0.2) is 11.5 Å². The number of benzene rings is 3. The number of carboxylic acids is 1. The Labute approximate surface area is 142 Å². The number of nitrogens with zero attached hydrogens (tertiary/aromatic N) is 2. The van der Waals surface area contributed by atoms with Gasteiger partial charge < -0.3 is 14.6 Å². The molecule has 0 unspecified atom stereocenters. The molecule has 0 atom stereocenters. The summed E-state index contributed by atoms with van der Waals surface area (Å²) in [4.78, 5) is 20.7. The molecule has 3 aromatic carbocycles. The Morgan fingerprint density at radius 2 is 1.64 bits per heavy atom. The van der Waals surface area contributed by atoms with Crippen LogP contribution in [-0.4, -0.2) is 35.3 Å². The summed E-state index contributed by atoms with van der Waals surface area (Å²) in [6.07, 6.45) is 0. The highest BCUT2D eigenvalue weighted by Crippen LogP contribution is 2.38. The minimum atomic E-state index is -1.03. The molecule has 0 fully saturated rings. The maximum atomic E-state index is 11.5. The summed E-state index contributed by atoms with van der Waals surface area (Å²) in [5.74, 6) is 0.198. The van der Waals surface area contributed by atoms with Crippen LogP contribution in [0.3, 0.4) is 0 Å². The summed E-state index contributed by atoms with van der Waals surface area (Å²) in [6, 6.07) is 12.4. The zero-order valence-electron chi connectivity index (χ0n) is 13.6. The smallest absolute Gasteiger partial charge is 0.337 e. The Balaban J connectivity index is 2.16. The average Bonchev–Trinajstić information content (AvgIpc) is 2.64. The van der Waals surface area contributed by atoms with Crippen LogP contribution in [0.25, 0.3) is 32.8 Å². The van der Waals surface area contributed by atoms with E-state index in [0.717, 1.165) is 10.8 Å². The molecule has 25 heavy (non-hydrogen) atoms. The molecule has 0 aliphatic rings. The SMILES string of the molecule is COc1ccc2c(ccc3nc4cccc(C(=O)O)c4nc32)c1OC. The van der Waals surface area contributed by atoms with E-state index in [1.54, 1.807) is 32.4 Å². The van der Waals surface area contributed by atoms with E-state index >= 15 is 0 Å². The highest BCUT2D eigenvalue weighted by Gasteiger charge is 2.15. The Morgan fingerprint density at radius 1 is 0.880 bits per heavy atom. The van der Waals surface area contributed by atoms with Gasteiger partial charge in [-0.2, -0.15) is 0 Å². The van der Waals surface area contributed by atoms with Crippen LogP contribution in [0.2, 0.25) is 0 Å². The first-order chi connectivity index (χ1) is 12.1. The molecule has 4 aromatic rings. The molecule has 0 saturated heterocycles. The van der Waals surface area contributed by atoms with Crippen LogP contribution < -0.4 is 9.47 Å². The van der Waals surface area contributed by atoms with Crippen LogP contribution >= 0.6 is 0 Å². The first kappa shape index (κ1) is 15.1. The maximum absolute atomic E-state index is 11.5. The predicted octanol–water partition coefficient (Wildman–Crippen LogP) is 3.65. The number of hydrogen-bond acceptors (Lipinski definition) is 5. The van der Waals surface area contributed by atoms with Crippen molar-refractivity contribution >= 4 is 38.8 Å².